The Morgan fingerprint density at radius 2 is 1.49 bits per heavy atom. The number of carbonyl (C=O) groups excluding carboxylic acids is 3. The van der Waals surface area contributed by atoms with Gasteiger partial charge in [0.2, 0.25) is 0 Å². The molecule has 2 aliphatic heterocycles. The quantitative estimate of drug-likeness (QED) is 0.0243. The van der Waals surface area contributed by atoms with E-state index in [9.17, 15) is 58.5 Å². The molecule has 0 saturated carbocycles. The zero-order valence-electron chi connectivity index (χ0n) is 42.6. The number of nitrogens with zero attached hydrogens (tertiary/aromatic N) is 2. The van der Waals surface area contributed by atoms with Crippen molar-refractivity contribution in [3.63, 3.8) is 0 Å². The van der Waals surface area contributed by atoms with E-state index in [0.29, 0.717) is 19.3 Å². The number of phosphoric acid groups is 2. The van der Waals surface area contributed by atoms with Crippen LogP contribution in [0.25, 0.3) is 0 Å². The number of fused-ring (bicyclic) bond motifs is 3. The molecule has 8 N–H and O–H groups in total. The third-order valence-corrected chi connectivity index (χ3v) is 15.2. The molecular weight excluding hydrogens is 993 g/mol. The summed E-state index contributed by atoms with van der Waals surface area (Å²) in [4.78, 5) is 78.1. The number of nitrogens with two attached hydrogens (primary N) is 1. The number of phosphoric ester groups is 2. The van der Waals surface area contributed by atoms with E-state index < -0.39 is 120 Å². The van der Waals surface area contributed by atoms with Crippen molar-refractivity contribution in [2.45, 2.75) is 204 Å². The number of anilines is 1. The normalized spacial score (nSPS) is 29.6. The largest absolute Gasteiger partial charge is 0.481 e. The van der Waals surface area contributed by atoms with Crippen molar-refractivity contribution in [2.24, 2.45) is 11.8 Å². The van der Waals surface area contributed by atoms with Crippen molar-refractivity contribution in [1.29, 1.82) is 0 Å². The standard InChI is InChI=1S/C50H83N3O18P2/c1-3-5-7-8-9-10-11-12-13-14-15-16-17-18-24-28-46(58)69-38-34-66-45(57)27-23-20-19-22-26-40-42(56)33-41(55)39(30-29-37(54)25-21-6-4-2)47(59)48(60)43(36-68-73(64,65)71-72(62,63)67-35-38)70-49(40)53-32-31-44(51)52-50(53)61/h12-13,19,22,29-32,37-40,42-43,47-49,54,56,59-60H,3-11,14-18,20-21,23-28,33-36H2,1-2H3,(H,62,63)(H,64,65)(H2,51,52,61)/b13-12-,22-19-,30-29+/t37-,38+,39-,40-,42-,43+,47-,48+,49+/m0/s1. The van der Waals surface area contributed by atoms with Gasteiger partial charge in [0.25, 0.3) is 0 Å². The van der Waals surface area contributed by atoms with Crippen LogP contribution in [0.3, 0.4) is 0 Å². The van der Waals surface area contributed by atoms with E-state index in [1.54, 1.807) is 12.2 Å². The lowest BCUT2D eigenvalue weighted by Gasteiger charge is -2.39. The fraction of sp³-hybridized carbons (Fsp3) is 0.740. The molecule has 0 amide bonds. The Hall–Kier alpha value is -3.43. The molecule has 3 rings (SSSR count). The highest BCUT2D eigenvalue weighted by Crippen LogP contribution is 2.60. The van der Waals surface area contributed by atoms with E-state index in [1.807, 2.05) is 6.92 Å². The van der Waals surface area contributed by atoms with Gasteiger partial charge in [-0.05, 0) is 63.9 Å². The Kier molecular flexibility index (Phi) is 30.6. The van der Waals surface area contributed by atoms with Crippen molar-refractivity contribution in [3.8, 4) is 0 Å². The van der Waals surface area contributed by atoms with Crippen molar-refractivity contribution in [3.05, 3.63) is 59.2 Å². The number of unbranched alkanes of at least 4 members (excludes halogenated alkanes) is 13. The first-order valence-corrected chi connectivity index (χ1v) is 29.1. The summed E-state index contributed by atoms with van der Waals surface area (Å²) in [5.41, 5.74) is 4.74. The van der Waals surface area contributed by atoms with Crippen molar-refractivity contribution < 1.29 is 81.3 Å². The summed E-state index contributed by atoms with van der Waals surface area (Å²) in [5.74, 6) is -5.24. The van der Waals surface area contributed by atoms with Gasteiger partial charge in [-0.3, -0.25) is 28.0 Å². The van der Waals surface area contributed by atoms with Gasteiger partial charge in [-0.25, -0.2) is 13.9 Å². The number of Topliss-reactive ketones (excluding diaryl/α,β-unsaturated/α-hetero) is 1. The Labute approximate surface area is 429 Å². The van der Waals surface area contributed by atoms with Crippen LogP contribution >= 0.6 is 15.6 Å². The number of esters is 2. The summed E-state index contributed by atoms with van der Waals surface area (Å²) in [5, 5.41) is 45.7. The summed E-state index contributed by atoms with van der Waals surface area (Å²) in [6, 6.07) is 1.23. The number of aliphatic hydroxyl groups is 4. The number of cyclic esters (lactones) is 1. The minimum absolute atomic E-state index is 0.0138. The van der Waals surface area contributed by atoms with Gasteiger partial charge >= 0.3 is 33.3 Å². The summed E-state index contributed by atoms with van der Waals surface area (Å²) in [7, 11) is -11.3. The highest BCUT2D eigenvalue weighted by atomic mass is 31.3. The molecule has 0 aromatic carbocycles. The maximum atomic E-state index is 14.0. The minimum Gasteiger partial charge on any atom is -0.462 e. The molecule has 1 aromatic heterocycles. The first kappa shape index (κ1) is 63.9. The molecule has 3 heterocycles. The molecule has 0 aliphatic carbocycles. The van der Waals surface area contributed by atoms with Gasteiger partial charge in [-0.1, -0.05) is 121 Å². The van der Waals surface area contributed by atoms with E-state index >= 15 is 0 Å². The summed E-state index contributed by atoms with van der Waals surface area (Å²) < 4.78 is 58.9. The van der Waals surface area contributed by atoms with Crippen molar-refractivity contribution in [2.75, 3.05) is 25.6 Å². The molecular formula is C50H83N3O18P2. The minimum atomic E-state index is -5.73. The van der Waals surface area contributed by atoms with Gasteiger partial charge in [-0.2, -0.15) is 9.29 Å². The summed E-state index contributed by atoms with van der Waals surface area (Å²) >= 11 is 0. The van der Waals surface area contributed by atoms with Crippen molar-refractivity contribution >= 4 is 39.2 Å². The third kappa shape index (κ3) is 25.8. The number of aliphatic hydroxyl groups excluding tert-OH is 4. The highest BCUT2D eigenvalue weighted by Gasteiger charge is 2.45. The number of rotatable bonds is 23. The zero-order chi connectivity index (χ0) is 53.7. The predicted octanol–water partition coefficient (Wildman–Crippen LogP) is 7.37. The molecule has 0 spiro atoms. The second kappa shape index (κ2) is 35.0. The van der Waals surface area contributed by atoms with Crippen LogP contribution in [0.15, 0.2) is 53.5 Å². The lowest BCUT2D eigenvalue weighted by Crippen LogP contribution is -2.51. The molecule has 23 heteroatoms. The van der Waals surface area contributed by atoms with E-state index in [0.717, 1.165) is 62.1 Å². The second-order valence-corrected chi connectivity index (χ2v) is 21.8. The molecule has 2 bridgehead atoms. The van der Waals surface area contributed by atoms with Gasteiger partial charge in [0, 0.05) is 31.4 Å². The molecule has 2 unspecified atom stereocenters. The first-order valence-electron chi connectivity index (χ1n) is 26.1. The maximum absolute atomic E-state index is 14.0. The number of hydrogen-bond acceptors (Lipinski definition) is 18. The van der Waals surface area contributed by atoms with Crippen LogP contribution in [-0.2, 0) is 51.1 Å². The molecule has 11 atom stereocenters. The topological polar surface area (TPSA) is 323 Å². The van der Waals surface area contributed by atoms with Gasteiger partial charge in [0.05, 0.1) is 37.4 Å². The Morgan fingerprint density at radius 1 is 0.863 bits per heavy atom. The molecule has 73 heavy (non-hydrogen) atoms. The zero-order valence-corrected chi connectivity index (χ0v) is 44.4. The van der Waals surface area contributed by atoms with Gasteiger partial charge in [-0.15, -0.1) is 0 Å². The van der Waals surface area contributed by atoms with Crippen LogP contribution in [0, 0.1) is 11.8 Å². The van der Waals surface area contributed by atoms with E-state index in [2.05, 4.69) is 28.4 Å². The SMILES string of the molecule is CCCCCCCC/C=C\CCCCCCCC(=O)O[C@@H]1COC(=O)CCC/C=C\C[C@@H]2[C@H](n3ccc(N)nc3=O)O[C@H](COP(=O)(O)OP(=O)(O)OC1)[C@@H](O)[C@@H](O)[C@@H](/C=C/[C@@H](O)CCCCC)C(=O)C[C@@H]2O. The average Bonchev–Trinajstić information content (AvgIpc) is 3.33. The molecule has 1 aromatic rings. The average molecular weight is 1080 g/mol. The van der Waals surface area contributed by atoms with Gasteiger partial charge < -0.3 is 50.2 Å². The Morgan fingerprint density at radius 3 is 2.16 bits per heavy atom. The molecule has 1 fully saturated rings. The second-order valence-electron chi connectivity index (χ2n) is 18.8. The van der Waals surface area contributed by atoms with Crippen LogP contribution in [0.1, 0.15) is 168 Å². The van der Waals surface area contributed by atoms with E-state index in [1.165, 1.54) is 56.7 Å². The number of allylic oxidation sites excluding steroid dienone is 4. The fourth-order valence-corrected chi connectivity index (χ4v) is 10.5. The maximum Gasteiger partial charge on any atom is 0.481 e. The highest BCUT2D eigenvalue weighted by molar-refractivity contribution is 7.61. The Balaban J connectivity index is 1.81. The lowest BCUT2D eigenvalue weighted by molar-refractivity contribution is -0.186. The molecule has 416 valence electrons. The summed E-state index contributed by atoms with van der Waals surface area (Å²) in [6.07, 6.45) is 15.4. The van der Waals surface area contributed by atoms with E-state index in [-0.39, 0.29) is 37.9 Å². The first-order chi connectivity index (χ1) is 34.9. The number of ether oxygens (including phenoxy) is 3. The number of nitrogen functional groups attached to an aromatic ring is 1. The van der Waals surface area contributed by atoms with Gasteiger partial charge in [0.15, 0.2) is 6.10 Å². The predicted molar refractivity (Wildman–Crippen MR) is 271 cm³/mol. The van der Waals surface area contributed by atoms with Crippen LogP contribution in [0.2, 0.25) is 0 Å². The number of hydrogen-bond donors (Lipinski definition) is 7. The molecule has 2 aliphatic rings. The fourth-order valence-electron chi connectivity index (χ4n) is 8.36. The van der Waals surface area contributed by atoms with Crippen molar-refractivity contribution in [1.82, 2.24) is 9.55 Å². The van der Waals surface area contributed by atoms with Crippen LogP contribution in [0.5, 0.6) is 0 Å². The monoisotopic (exact) mass is 1080 g/mol. The molecule has 21 nitrogen and oxygen atoms in total. The van der Waals surface area contributed by atoms with E-state index in [4.69, 9.17) is 29.0 Å². The number of ketones is 1. The smallest absolute Gasteiger partial charge is 0.462 e. The van der Waals surface area contributed by atoms with Crippen LogP contribution in [-0.4, -0.2) is 114 Å². The number of aromatic nitrogens is 2. The Bertz CT molecular complexity index is 2040. The van der Waals surface area contributed by atoms with Gasteiger partial charge in [0.1, 0.15) is 36.6 Å². The molecule has 1 saturated heterocycles. The molecule has 0 radical (unpaired) electrons. The lowest BCUT2D eigenvalue weighted by atomic mass is 9.83. The third-order valence-electron chi connectivity index (χ3n) is 12.6. The number of carbonyl (C=O) groups is 3. The summed E-state index contributed by atoms with van der Waals surface area (Å²) in [6.45, 7) is 1.42. The van der Waals surface area contributed by atoms with Crippen LogP contribution < -0.4 is 11.4 Å². The van der Waals surface area contributed by atoms with Crippen LogP contribution in [0.4, 0.5) is 5.82 Å².